The first kappa shape index (κ1) is 10.2. The van der Waals surface area contributed by atoms with Crippen LogP contribution < -0.4 is 0 Å². The monoisotopic (exact) mass is 186 g/mol. The summed E-state index contributed by atoms with van der Waals surface area (Å²) in [7, 11) is 0. The summed E-state index contributed by atoms with van der Waals surface area (Å²) in [6.07, 6.45) is 0. The molecule has 0 N–H and O–H groups in total. The molecule has 0 amide bonds. The smallest absolute Gasteiger partial charge is 0.337 e. The van der Waals surface area contributed by atoms with Gasteiger partial charge >= 0.3 is 12.4 Å². The van der Waals surface area contributed by atoms with Gasteiger partial charge in [-0.2, -0.15) is 0 Å². The number of hydrogen-bond donors (Lipinski definition) is 0. The zero-order chi connectivity index (χ0) is 9.84. The van der Waals surface area contributed by atoms with Gasteiger partial charge in [-0.25, -0.2) is 4.79 Å². The third-order valence-corrected chi connectivity index (χ3v) is 1.85. The Labute approximate surface area is 77.5 Å². The molecule has 0 atom stereocenters. The highest BCUT2D eigenvalue weighted by Gasteiger charge is 2.21. The average Bonchev–Trinajstić information content (AvgIpc) is 2.55. The minimum atomic E-state index is -0.818. The molecule has 0 aromatic rings. The quantitative estimate of drug-likeness (QED) is 0.480. The molecule has 1 saturated heterocycles. The van der Waals surface area contributed by atoms with Gasteiger partial charge in [-0.05, 0) is 20.8 Å². The molecular weight excluding hydrogens is 172 g/mol. The van der Waals surface area contributed by atoms with Gasteiger partial charge in [0.25, 0.3) is 0 Å². The standard InChI is InChI=1S/C9H14O4/c1-6(2)7(3)8(10)13-9-11-4-5-12-9/h9H,4-5H2,1-3H3. The van der Waals surface area contributed by atoms with Gasteiger partial charge in [-0.15, -0.1) is 0 Å². The number of ether oxygens (including phenoxy) is 3. The van der Waals surface area contributed by atoms with Crippen LogP contribution in [0.5, 0.6) is 0 Å². The fraction of sp³-hybridized carbons (Fsp3) is 0.667. The van der Waals surface area contributed by atoms with E-state index in [4.69, 9.17) is 14.2 Å². The van der Waals surface area contributed by atoms with Gasteiger partial charge in [0.1, 0.15) is 0 Å². The van der Waals surface area contributed by atoms with Crippen molar-refractivity contribution >= 4 is 5.97 Å². The Kier molecular flexibility index (Phi) is 3.45. The van der Waals surface area contributed by atoms with E-state index in [-0.39, 0.29) is 5.97 Å². The molecule has 4 nitrogen and oxygen atoms in total. The lowest BCUT2D eigenvalue weighted by Gasteiger charge is -2.10. The predicted molar refractivity (Wildman–Crippen MR) is 45.8 cm³/mol. The largest absolute Gasteiger partial charge is 0.407 e. The second-order valence-electron chi connectivity index (χ2n) is 3.06. The van der Waals surface area contributed by atoms with Crippen LogP contribution in [0.1, 0.15) is 20.8 Å². The summed E-state index contributed by atoms with van der Waals surface area (Å²) < 4.78 is 14.8. The van der Waals surface area contributed by atoms with Gasteiger partial charge in [0.05, 0.1) is 13.2 Å². The van der Waals surface area contributed by atoms with Crippen LogP contribution in [-0.2, 0) is 19.0 Å². The van der Waals surface area contributed by atoms with Gasteiger partial charge in [0, 0.05) is 5.57 Å². The summed E-state index contributed by atoms with van der Waals surface area (Å²) in [5.74, 6) is -0.383. The lowest BCUT2D eigenvalue weighted by Crippen LogP contribution is -2.19. The zero-order valence-corrected chi connectivity index (χ0v) is 8.12. The summed E-state index contributed by atoms with van der Waals surface area (Å²) in [6, 6.07) is 0. The minimum Gasteiger partial charge on any atom is -0.407 e. The van der Waals surface area contributed by atoms with Crippen molar-refractivity contribution in [2.45, 2.75) is 27.2 Å². The minimum absolute atomic E-state index is 0.383. The number of esters is 1. The maximum Gasteiger partial charge on any atom is 0.337 e. The van der Waals surface area contributed by atoms with Crippen molar-refractivity contribution in [2.24, 2.45) is 0 Å². The van der Waals surface area contributed by atoms with Crippen molar-refractivity contribution in [1.82, 2.24) is 0 Å². The van der Waals surface area contributed by atoms with Crippen molar-refractivity contribution < 1.29 is 19.0 Å². The topological polar surface area (TPSA) is 44.8 Å². The molecule has 0 radical (unpaired) electrons. The zero-order valence-electron chi connectivity index (χ0n) is 8.12. The normalized spacial score (nSPS) is 17.2. The van der Waals surface area contributed by atoms with Crippen LogP contribution in [0.15, 0.2) is 11.1 Å². The first-order valence-electron chi connectivity index (χ1n) is 4.19. The Hall–Kier alpha value is -0.870. The molecule has 0 aromatic carbocycles. The van der Waals surface area contributed by atoms with Crippen LogP contribution in [-0.4, -0.2) is 25.7 Å². The van der Waals surface area contributed by atoms with Crippen molar-refractivity contribution in [3.63, 3.8) is 0 Å². The van der Waals surface area contributed by atoms with E-state index < -0.39 is 6.48 Å². The molecule has 4 heteroatoms. The molecule has 1 aliphatic rings. The highest BCUT2D eigenvalue weighted by atomic mass is 16.9. The van der Waals surface area contributed by atoms with E-state index in [0.29, 0.717) is 18.8 Å². The maximum atomic E-state index is 11.3. The van der Waals surface area contributed by atoms with Gasteiger partial charge < -0.3 is 14.2 Å². The molecule has 0 unspecified atom stereocenters. The number of hydrogen-bond acceptors (Lipinski definition) is 4. The molecule has 0 aromatic heterocycles. The Morgan fingerprint density at radius 2 is 1.77 bits per heavy atom. The third-order valence-electron chi connectivity index (χ3n) is 1.85. The molecular formula is C9H14O4. The lowest BCUT2D eigenvalue weighted by molar-refractivity contribution is -0.223. The van der Waals surface area contributed by atoms with Gasteiger partial charge in [-0.3, -0.25) is 0 Å². The van der Waals surface area contributed by atoms with E-state index in [9.17, 15) is 4.79 Å². The van der Waals surface area contributed by atoms with Crippen molar-refractivity contribution in [1.29, 1.82) is 0 Å². The van der Waals surface area contributed by atoms with Crippen LogP contribution in [0.2, 0.25) is 0 Å². The molecule has 74 valence electrons. The van der Waals surface area contributed by atoms with Gasteiger partial charge in [0.15, 0.2) is 0 Å². The maximum absolute atomic E-state index is 11.3. The summed E-state index contributed by atoms with van der Waals surface area (Å²) >= 11 is 0. The summed E-state index contributed by atoms with van der Waals surface area (Å²) in [6.45, 7) is 5.56. The molecule has 0 spiro atoms. The average molecular weight is 186 g/mol. The van der Waals surface area contributed by atoms with Gasteiger partial charge in [-0.1, -0.05) is 5.57 Å². The highest BCUT2D eigenvalue weighted by Crippen LogP contribution is 2.10. The summed E-state index contributed by atoms with van der Waals surface area (Å²) in [5, 5.41) is 0. The van der Waals surface area contributed by atoms with Gasteiger partial charge in [0.2, 0.25) is 0 Å². The van der Waals surface area contributed by atoms with Crippen molar-refractivity contribution in [3.8, 4) is 0 Å². The Morgan fingerprint density at radius 1 is 1.23 bits per heavy atom. The van der Waals surface area contributed by atoms with Crippen LogP contribution in [0.3, 0.4) is 0 Å². The molecule has 1 heterocycles. The second-order valence-corrected chi connectivity index (χ2v) is 3.06. The SMILES string of the molecule is CC(C)=C(C)C(=O)OC1OCCO1. The van der Waals surface area contributed by atoms with E-state index in [1.165, 1.54) is 0 Å². The molecule has 0 aliphatic carbocycles. The second kappa shape index (κ2) is 4.39. The van der Waals surface area contributed by atoms with Crippen LogP contribution in [0.4, 0.5) is 0 Å². The van der Waals surface area contributed by atoms with E-state index in [1.807, 2.05) is 13.8 Å². The van der Waals surface area contributed by atoms with Crippen molar-refractivity contribution in [3.05, 3.63) is 11.1 Å². The lowest BCUT2D eigenvalue weighted by atomic mass is 10.2. The van der Waals surface area contributed by atoms with Crippen molar-refractivity contribution in [2.75, 3.05) is 13.2 Å². The Morgan fingerprint density at radius 3 is 2.23 bits per heavy atom. The third kappa shape index (κ3) is 2.82. The Bertz CT molecular complexity index is 222. The molecule has 1 fully saturated rings. The van der Waals surface area contributed by atoms with Crippen LogP contribution in [0, 0.1) is 0 Å². The van der Waals surface area contributed by atoms with E-state index >= 15 is 0 Å². The first-order valence-corrected chi connectivity index (χ1v) is 4.19. The van der Waals surface area contributed by atoms with Crippen LogP contribution >= 0.6 is 0 Å². The molecule has 13 heavy (non-hydrogen) atoms. The first-order chi connectivity index (χ1) is 6.11. The summed E-state index contributed by atoms with van der Waals surface area (Å²) in [4.78, 5) is 11.3. The van der Waals surface area contributed by atoms with E-state index in [2.05, 4.69) is 0 Å². The fourth-order valence-electron chi connectivity index (χ4n) is 0.785. The molecule has 0 bridgehead atoms. The van der Waals surface area contributed by atoms with Crippen LogP contribution in [0.25, 0.3) is 0 Å². The fourth-order valence-corrected chi connectivity index (χ4v) is 0.785. The molecule has 1 aliphatic heterocycles. The molecule has 0 saturated carbocycles. The van der Waals surface area contributed by atoms with E-state index in [1.54, 1.807) is 6.92 Å². The summed E-state index contributed by atoms with van der Waals surface area (Å²) in [5.41, 5.74) is 1.53. The van der Waals surface area contributed by atoms with E-state index in [0.717, 1.165) is 5.57 Å². The molecule has 1 rings (SSSR count). The number of carbonyl (C=O) groups is 1. The number of rotatable bonds is 2. The predicted octanol–water partition coefficient (Wildman–Crippen LogP) is 1.22. The highest BCUT2D eigenvalue weighted by molar-refractivity contribution is 5.88. The Balaban J connectivity index is 2.45. The number of allylic oxidation sites excluding steroid dienone is 1. The number of carbonyl (C=O) groups excluding carboxylic acids is 1.